The van der Waals surface area contributed by atoms with Crippen molar-refractivity contribution in [1.82, 2.24) is 0 Å². The Morgan fingerprint density at radius 3 is 1.71 bits per heavy atom. The molecule has 0 aromatic rings. The zero-order valence-electron chi connectivity index (χ0n) is 11.2. The SMILES string of the molecule is CCC.CCCCCCOC(C)(C)C. The molecule has 0 aliphatic rings. The third kappa shape index (κ3) is 22.7. The lowest BCUT2D eigenvalue weighted by Crippen LogP contribution is -2.19. The van der Waals surface area contributed by atoms with Gasteiger partial charge in [0, 0.05) is 6.61 Å². The van der Waals surface area contributed by atoms with E-state index in [1.807, 2.05) is 0 Å². The lowest BCUT2D eigenvalue weighted by atomic mass is 10.2. The van der Waals surface area contributed by atoms with E-state index in [-0.39, 0.29) is 5.60 Å². The lowest BCUT2D eigenvalue weighted by molar-refractivity contribution is -0.00471. The van der Waals surface area contributed by atoms with Gasteiger partial charge in [-0.05, 0) is 27.2 Å². The summed E-state index contributed by atoms with van der Waals surface area (Å²) in [4.78, 5) is 0. The Morgan fingerprint density at radius 2 is 1.36 bits per heavy atom. The van der Waals surface area contributed by atoms with E-state index in [4.69, 9.17) is 4.74 Å². The van der Waals surface area contributed by atoms with Gasteiger partial charge >= 0.3 is 0 Å². The predicted molar refractivity (Wildman–Crippen MR) is 65.8 cm³/mol. The second-order valence-corrected chi connectivity index (χ2v) is 4.73. The van der Waals surface area contributed by atoms with Gasteiger partial charge in [-0.1, -0.05) is 46.5 Å². The largest absolute Gasteiger partial charge is 0.376 e. The van der Waals surface area contributed by atoms with E-state index in [2.05, 4.69) is 41.5 Å². The summed E-state index contributed by atoms with van der Waals surface area (Å²) >= 11 is 0. The molecular formula is C13H30O. The molecule has 0 fully saturated rings. The Balaban J connectivity index is 0. The maximum absolute atomic E-state index is 5.58. The van der Waals surface area contributed by atoms with Gasteiger partial charge in [0.1, 0.15) is 0 Å². The van der Waals surface area contributed by atoms with Crippen molar-refractivity contribution < 1.29 is 4.74 Å². The van der Waals surface area contributed by atoms with Crippen LogP contribution in [0.25, 0.3) is 0 Å². The quantitative estimate of drug-likeness (QED) is 0.582. The molecule has 0 saturated carbocycles. The second-order valence-electron chi connectivity index (χ2n) is 4.73. The highest BCUT2D eigenvalue weighted by Gasteiger charge is 2.08. The van der Waals surface area contributed by atoms with Crippen LogP contribution in [-0.2, 0) is 4.74 Å². The summed E-state index contributed by atoms with van der Waals surface area (Å²) in [5, 5.41) is 0. The Labute approximate surface area is 91.2 Å². The van der Waals surface area contributed by atoms with E-state index in [9.17, 15) is 0 Å². The van der Waals surface area contributed by atoms with Crippen LogP contribution in [0.5, 0.6) is 0 Å². The summed E-state index contributed by atoms with van der Waals surface area (Å²) in [5.74, 6) is 0. The van der Waals surface area contributed by atoms with Crippen LogP contribution < -0.4 is 0 Å². The predicted octanol–water partition coefficient (Wildman–Crippen LogP) is 4.80. The maximum Gasteiger partial charge on any atom is 0.0598 e. The zero-order valence-corrected chi connectivity index (χ0v) is 11.2. The molecule has 0 saturated heterocycles. The highest BCUT2D eigenvalue weighted by Crippen LogP contribution is 2.08. The first-order valence-electron chi connectivity index (χ1n) is 6.11. The van der Waals surface area contributed by atoms with Gasteiger partial charge in [0.15, 0.2) is 0 Å². The van der Waals surface area contributed by atoms with Gasteiger partial charge in [-0.2, -0.15) is 0 Å². The molecule has 14 heavy (non-hydrogen) atoms. The lowest BCUT2D eigenvalue weighted by Gasteiger charge is -2.19. The molecule has 1 nitrogen and oxygen atoms in total. The topological polar surface area (TPSA) is 9.23 Å². The maximum atomic E-state index is 5.58. The minimum Gasteiger partial charge on any atom is -0.376 e. The molecule has 0 N–H and O–H groups in total. The zero-order chi connectivity index (χ0) is 11.4. The van der Waals surface area contributed by atoms with Crippen molar-refractivity contribution in [2.75, 3.05) is 6.61 Å². The van der Waals surface area contributed by atoms with E-state index in [1.54, 1.807) is 0 Å². The van der Waals surface area contributed by atoms with E-state index >= 15 is 0 Å². The molecule has 0 aliphatic carbocycles. The number of hydrogen-bond donors (Lipinski definition) is 0. The van der Waals surface area contributed by atoms with Gasteiger partial charge in [0.25, 0.3) is 0 Å². The van der Waals surface area contributed by atoms with Crippen molar-refractivity contribution in [3.8, 4) is 0 Å². The Morgan fingerprint density at radius 1 is 0.857 bits per heavy atom. The summed E-state index contributed by atoms with van der Waals surface area (Å²) in [6.07, 6.45) is 6.42. The molecule has 1 heteroatoms. The molecule has 0 spiro atoms. The number of unbranched alkanes of at least 4 members (excludes halogenated alkanes) is 3. The summed E-state index contributed by atoms with van der Waals surface area (Å²) in [5.41, 5.74) is 0.0478. The molecule has 0 rings (SSSR count). The van der Waals surface area contributed by atoms with E-state index in [0.717, 1.165) is 6.61 Å². The molecule has 0 amide bonds. The van der Waals surface area contributed by atoms with Gasteiger partial charge in [0.2, 0.25) is 0 Å². The Kier molecular flexibility index (Phi) is 12.9. The van der Waals surface area contributed by atoms with Crippen LogP contribution in [0.3, 0.4) is 0 Å². The molecule has 0 unspecified atom stereocenters. The van der Waals surface area contributed by atoms with E-state index < -0.39 is 0 Å². The van der Waals surface area contributed by atoms with Gasteiger partial charge in [-0.25, -0.2) is 0 Å². The van der Waals surface area contributed by atoms with Gasteiger partial charge in [-0.3, -0.25) is 0 Å². The van der Waals surface area contributed by atoms with Gasteiger partial charge in [-0.15, -0.1) is 0 Å². The fraction of sp³-hybridized carbons (Fsp3) is 1.00. The van der Waals surface area contributed by atoms with Crippen molar-refractivity contribution >= 4 is 0 Å². The smallest absolute Gasteiger partial charge is 0.0598 e. The highest BCUT2D eigenvalue weighted by atomic mass is 16.5. The summed E-state index contributed by atoms with van der Waals surface area (Å²) in [7, 11) is 0. The normalized spacial score (nSPS) is 10.7. The van der Waals surface area contributed by atoms with Crippen molar-refractivity contribution in [3.63, 3.8) is 0 Å². The first kappa shape index (κ1) is 16.4. The second kappa shape index (κ2) is 11.0. The van der Waals surface area contributed by atoms with Crippen molar-refractivity contribution in [1.29, 1.82) is 0 Å². The molecule has 0 aromatic heterocycles. The standard InChI is InChI=1S/C10H22O.C3H8/c1-5-6-7-8-9-11-10(2,3)4;1-3-2/h5-9H2,1-4H3;3H2,1-2H3. The van der Waals surface area contributed by atoms with Crippen LogP contribution in [0, 0.1) is 0 Å². The molecular weight excluding hydrogens is 172 g/mol. The van der Waals surface area contributed by atoms with Gasteiger partial charge in [0.05, 0.1) is 5.60 Å². The van der Waals surface area contributed by atoms with Crippen LogP contribution in [0.15, 0.2) is 0 Å². The highest BCUT2D eigenvalue weighted by molar-refractivity contribution is 4.58. The average molecular weight is 202 g/mol. The van der Waals surface area contributed by atoms with Crippen molar-refractivity contribution in [2.45, 2.75) is 79.2 Å². The molecule has 0 aromatic carbocycles. The van der Waals surface area contributed by atoms with E-state index in [1.165, 1.54) is 32.1 Å². The minimum absolute atomic E-state index is 0.0478. The summed E-state index contributed by atoms with van der Waals surface area (Å²) < 4.78 is 5.58. The third-order valence-electron chi connectivity index (χ3n) is 1.53. The molecule has 88 valence electrons. The monoisotopic (exact) mass is 202 g/mol. The van der Waals surface area contributed by atoms with Crippen LogP contribution in [0.2, 0.25) is 0 Å². The molecule has 0 radical (unpaired) electrons. The molecule has 0 heterocycles. The number of hydrogen-bond acceptors (Lipinski definition) is 1. The minimum atomic E-state index is 0.0478. The average Bonchev–Trinajstić information content (AvgIpc) is 2.03. The molecule has 0 aliphatic heterocycles. The fourth-order valence-electron chi connectivity index (χ4n) is 0.907. The third-order valence-corrected chi connectivity index (χ3v) is 1.53. The van der Waals surface area contributed by atoms with Crippen LogP contribution in [0.1, 0.15) is 73.6 Å². The molecule has 0 atom stereocenters. The first-order valence-corrected chi connectivity index (χ1v) is 6.11. The van der Waals surface area contributed by atoms with Crippen LogP contribution in [-0.4, -0.2) is 12.2 Å². The van der Waals surface area contributed by atoms with E-state index in [0.29, 0.717) is 0 Å². The van der Waals surface area contributed by atoms with Crippen molar-refractivity contribution in [3.05, 3.63) is 0 Å². The van der Waals surface area contributed by atoms with Crippen LogP contribution >= 0.6 is 0 Å². The molecule has 0 bridgehead atoms. The number of rotatable bonds is 5. The van der Waals surface area contributed by atoms with Crippen molar-refractivity contribution in [2.24, 2.45) is 0 Å². The van der Waals surface area contributed by atoms with Gasteiger partial charge < -0.3 is 4.74 Å². The summed E-state index contributed by atoms with van der Waals surface area (Å²) in [6.45, 7) is 13.7. The fourth-order valence-corrected chi connectivity index (χ4v) is 0.907. The first-order chi connectivity index (χ1) is 6.47. The number of ether oxygens (including phenoxy) is 1. The Hall–Kier alpha value is -0.0400. The summed E-state index contributed by atoms with van der Waals surface area (Å²) in [6, 6.07) is 0. The Bertz CT molecular complexity index is 91.9. The van der Waals surface area contributed by atoms with Crippen LogP contribution in [0.4, 0.5) is 0 Å².